The number of nitrogens with two attached hydrogens (primary N) is 1. The molecule has 1 heterocycles. The summed E-state index contributed by atoms with van der Waals surface area (Å²) in [6.45, 7) is 0.202. The highest BCUT2D eigenvalue weighted by Gasteiger charge is 2.14. The molecular weight excluding hydrogens is 474 g/mol. The molecule has 0 spiro atoms. The number of primary sulfonamides is 1. The Balaban J connectivity index is 1.82. The van der Waals surface area contributed by atoms with Crippen molar-refractivity contribution in [3.8, 4) is 11.5 Å². The Labute approximate surface area is 182 Å². The molecule has 158 valence electrons. The van der Waals surface area contributed by atoms with E-state index in [9.17, 15) is 8.42 Å². The fourth-order valence-electron chi connectivity index (χ4n) is 2.68. The van der Waals surface area contributed by atoms with Gasteiger partial charge in [-0.25, -0.2) is 18.5 Å². The molecule has 30 heavy (non-hydrogen) atoms. The minimum Gasteiger partial charge on any atom is -0.497 e. The van der Waals surface area contributed by atoms with E-state index in [1.54, 1.807) is 56.8 Å². The van der Waals surface area contributed by atoms with Gasteiger partial charge in [-0.05, 0) is 39.7 Å². The Kier molecular flexibility index (Phi) is 6.75. The van der Waals surface area contributed by atoms with Crippen LogP contribution in [0, 0.1) is 0 Å². The van der Waals surface area contributed by atoms with Crippen LogP contribution in [0.1, 0.15) is 5.56 Å². The number of aromatic nitrogens is 2. The van der Waals surface area contributed by atoms with Crippen LogP contribution in [0.4, 0.5) is 17.5 Å². The van der Waals surface area contributed by atoms with E-state index in [1.165, 1.54) is 6.07 Å². The summed E-state index contributed by atoms with van der Waals surface area (Å²) in [6.07, 6.45) is 1.58. The Bertz CT molecular complexity index is 1160. The molecule has 4 N–H and O–H groups in total. The van der Waals surface area contributed by atoms with Crippen LogP contribution in [0.2, 0.25) is 0 Å². The molecule has 1 aromatic heterocycles. The molecule has 0 fully saturated rings. The molecule has 0 saturated carbocycles. The number of hydrogen-bond acceptors (Lipinski definition) is 8. The number of halogens is 1. The number of hydrogen-bond donors (Lipinski definition) is 3. The average Bonchev–Trinajstić information content (AvgIpc) is 2.74. The number of methoxy groups -OCH3 is 2. The van der Waals surface area contributed by atoms with E-state index in [1.807, 2.05) is 0 Å². The Hall–Kier alpha value is -2.89. The zero-order chi connectivity index (χ0) is 21.7. The zero-order valence-corrected chi connectivity index (χ0v) is 18.6. The fraction of sp³-hybridized carbons (Fsp3) is 0.158. The topological polar surface area (TPSA) is 128 Å². The first-order valence-electron chi connectivity index (χ1n) is 8.68. The van der Waals surface area contributed by atoms with Crippen molar-refractivity contribution in [2.24, 2.45) is 5.14 Å². The molecule has 0 aliphatic heterocycles. The summed E-state index contributed by atoms with van der Waals surface area (Å²) >= 11 is 3.40. The third-order valence-corrected chi connectivity index (χ3v) is 5.72. The van der Waals surface area contributed by atoms with E-state index in [-0.39, 0.29) is 11.4 Å². The molecular formula is C19H20BrN5O4S. The van der Waals surface area contributed by atoms with Gasteiger partial charge in [0.2, 0.25) is 16.0 Å². The number of rotatable bonds is 8. The smallest absolute Gasteiger partial charge is 0.238 e. The van der Waals surface area contributed by atoms with E-state index >= 15 is 0 Å². The first-order chi connectivity index (χ1) is 14.3. The maximum atomic E-state index is 11.8. The lowest BCUT2D eigenvalue weighted by Crippen LogP contribution is -2.16. The van der Waals surface area contributed by atoms with Gasteiger partial charge in [-0.15, -0.1) is 0 Å². The normalized spacial score (nSPS) is 11.1. The highest BCUT2D eigenvalue weighted by molar-refractivity contribution is 9.10. The van der Waals surface area contributed by atoms with Crippen molar-refractivity contribution >= 4 is 43.4 Å². The molecule has 0 bridgehead atoms. The quantitative estimate of drug-likeness (QED) is 0.436. The summed E-state index contributed by atoms with van der Waals surface area (Å²) in [5.74, 6) is 2.02. The molecule has 3 rings (SSSR count). The van der Waals surface area contributed by atoms with E-state index in [0.29, 0.717) is 39.0 Å². The number of anilines is 3. The van der Waals surface area contributed by atoms with Gasteiger partial charge in [0.05, 0.1) is 29.3 Å². The summed E-state index contributed by atoms with van der Waals surface area (Å²) < 4.78 is 34.7. The van der Waals surface area contributed by atoms with Crippen molar-refractivity contribution < 1.29 is 17.9 Å². The fourth-order valence-corrected chi connectivity index (χ4v) is 3.79. The second kappa shape index (κ2) is 9.28. The third-order valence-electron chi connectivity index (χ3n) is 4.12. The van der Waals surface area contributed by atoms with Crippen LogP contribution in [0.3, 0.4) is 0 Å². The highest BCUT2D eigenvalue weighted by atomic mass is 79.9. The lowest BCUT2D eigenvalue weighted by Gasteiger charge is -2.14. The van der Waals surface area contributed by atoms with Gasteiger partial charge >= 0.3 is 0 Å². The molecule has 11 heteroatoms. The van der Waals surface area contributed by atoms with Crippen LogP contribution in [0.5, 0.6) is 11.5 Å². The molecule has 0 atom stereocenters. The first kappa shape index (κ1) is 21.8. The summed E-state index contributed by atoms with van der Waals surface area (Å²) in [6, 6.07) is 11.8. The van der Waals surface area contributed by atoms with Gasteiger partial charge in [-0.1, -0.05) is 18.2 Å². The molecule has 0 saturated heterocycles. The SMILES string of the molecule is COc1ccc(Nc2ncc(Br)c(NCc3ccccc3S(N)(=O)=O)n2)c(OC)c1. The van der Waals surface area contributed by atoms with Gasteiger partial charge in [0, 0.05) is 18.8 Å². The van der Waals surface area contributed by atoms with Gasteiger partial charge < -0.3 is 20.1 Å². The van der Waals surface area contributed by atoms with E-state index < -0.39 is 10.0 Å². The van der Waals surface area contributed by atoms with Gasteiger partial charge in [-0.2, -0.15) is 4.98 Å². The Morgan fingerprint density at radius 2 is 1.90 bits per heavy atom. The standard InChI is InChI=1S/C19H20BrN5O4S/c1-28-13-7-8-15(16(9-13)29-2)24-19-23-11-14(20)18(25-19)22-10-12-5-3-4-6-17(12)30(21,26)27/h3-9,11H,10H2,1-2H3,(H2,21,26,27)(H2,22,23,24,25). The maximum absolute atomic E-state index is 11.8. The molecule has 0 aliphatic carbocycles. The molecule has 2 aromatic carbocycles. The summed E-state index contributed by atoms with van der Waals surface area (Å²) in [5.41, 5.74) is 1.18. The van der Waals surface area contributed by atoms with Crippen LogP contribution in [-0.4, -0.2) is 32.6 Å². The highest BCUT2D eigenvalue weighted by Crippen LogP contribution is 2.31. The van der Waals surface area contributed by atoms with Gasteiger partial charge in [0.25, 0.3) is 0 Å². The van der Waals surface area contributed by atoms with Crippen LogP contribution < -0.4 is 25.2 Å². The van der Waals surface area contributed by atoms with Crippen molar-refractivity contribution in [2.75, 3.05) is 24.9 Å². The van der Waals surface area contributed by atoms with E-state index in [0.717, 1.165) is 0 Å². The number of ether oxygens (including phenoxy) is 2. The zero-order valence-electron chi connectivity index (χ0n) is 16.2. The second-order valence-corrected chi connectivity index (χ2v) is 8.47. The van der Waals surface area contributed by atoms with Crippen LogP contribution in [0.15, 0.2) is 58.0 Å². The van der Waals surface area contributed by atoms with E-state index in [2.05, 4.69) is 36.5 Å². The van der Waals surface area contributed by atoms with Crippen LogP contribution >= 0.6 is 15.9 Å². The molecule has 0 aliphatic rings. The molecule has 3 aromatic rings. The molecule has 0 unspecified atom stereocenters. The van der Waals surface area contributed by atoms with Crippen molar-refractivity contribution in [1.29, 1.82) is 0 Å². The number of nitrogens with one attached hydrogen (secondary N) is 2. The Morgan fingerprint density at radius 1 is 1.13 bits per heavy atom. The molecule has 0 radical (unpaired) electrons. The van der Waals surface area contributed by atoms with Crippen LogP contribution in [-0.2, 0) is 16.6 Å². The van der Waals surface area contributed by atoms with E-state index in [4.69, 9.17) is 14.6 Å². The largest absolute Gasteiger partial charge is 0.497 e. The summed E-state index contributed by atoms with van der Waals surface area (Å²) in [4.78, 5) is 8.76. The predicted octanol–water partition coefficient (Wildman–Crippen LogP) is 3.26. The van der Waals surface area contributed by atoms with Crippen molar-refractivity contribution in [3.05, 3.63) is 58.7 Å². The van der Waals surface area contributed by atoms with Crippen molar-refractivity contribution in [3.63, 3.8) is 0 Å². The summed E-state index contributed by atoms with van der Waals surface area (Å²) in [5, 5.41) is 11.5. The van der Waals surface area contributed by atoms with Gasteiger partial charge in [0.1, 0.15) is 17.3 Å². The molecule has 9 nitrogen and oxygen atoms in total. The first-order valence-corrected chi connectivity index (χ1v) is 11.0. The van der Waals surface area contributed by atoms with Crippen molar-refractivity contribution in [2.45, 2.75) is 11.4 Å². The van der Waals surface area contributed by atoms with Gasteiger partial charge in [-0.3, -0.25) is 0 Å². The Morgan fingerprint density at radius 3 is 2.60 bits per heavy atom. The number of benzene rings is 2. The maximum Gasteiger partial charge on any atom is 0.238 e. The summed E-state index contributed by atoms with van der Waals surface area (Å²) in [7, 11) is -0.702. The van der Waals surface area contributed by atoms with Gasteiger partial charge in [0.15, 0.2) is 0 Å². The third kappa shape index (κ3) is 5.17. The number of sulfonamides is 1. The van der Waals surface area contributed by atoms with Crippen molar-refractivity contribution in [1.82, 2.24) is 9.97 Å². The minimum atomic E-state index is -3.83. The lowest BCUT2D eigenvalue weighted by atomic mass is 10.2. The second-order valence-electron chi connectivity index (χ2n) is 6.09. The van der Waals surface area contributed by atoms with Crippen LogP contribution in [0.25, 0.3) is 0 Å². The predicted molar refractivity (Wildman–Crippen MR) is 118 cm³/mol. The minimum absolute atomic E-state index is 0.0593. The lowest BCUT2D eigenvalue weighted by molar-refractivity contribution is 0.395. The monoisotopic (exact) mass is 493 g/mol. The average molecular weight is 494 g/mol. The molecule has 0 amide bonds. The number of nitrogens with zero attached hydrogens (tertiary/aromatic N) is 2.